The summed E-state index contributed by atoms with van der Waals surface area (Å²) in [5.74, 6) is 1.24. The number of benzene rings is 2. The summed E-state index contributed by atoms with van der Waals surface area (Å²) in [5, 5.41) is 3.10. The second-order valence-corrected chi connectivity index (χ2v) is 10.2. The first-order valence-corrected chi connectivity index (χ1v) is 12.3. The fraction of sp³-hybridized carbons (Fsp3) is 0.500. The molecule has 1 N–H and O–H groups in total. The molecule has 4 rings (SSSR count). The fourth-order valence-corrected chi connectivity index (χ4v) is 5.26. The molecule has 182 valence electrons. The topological polar surface area (TPSA) is 61.9 Å². The van der Waals surface area contributed by atoms with Crippen molar-refractivity contribution in [2.24, 2.45) is 5.92 Å². The molecular formula is C28H37N3O3. The van der Waals surface area contributed by atoms with Crippen LogP contribution in [0.5, 0.6) is 5.75 Å². The van der Waals surface area contributed by atoms with E-state index in [1.165, 1.54) is 5.56 Å². The van der Waals surface area contributed by atoms with Crippen LogP contribution in [0.2, 0.25) is 0 Å². The lowest BCUT2D eigenvalue weighted by atomic mass is 9.80. The number of methoxy groups -OCH3 is 1. The Kier molecular flexibility index (Phi) is 7.27. The number of carbonyl (C=O) groups is 2. The third-order valence-electron chi connectivity index (χ3n) is 7.35. The molecule has 1 unspecified atom stereocenters. The summed E-state index contributed by atoms with van der Waals surface area (Å²) < 4.78 is 5.26. The number of likely N-dealkylation sites (tertiary alicyclic amines) is 1. The highest BCUT2D eigenvalue weighted by molar-refractivity contribution is 6.00. The number of piperidine rings is 1. The van der Waals surface area contributed by atoms with Crippen LogP contribution in [0.4, 0.5) is 0 Å². The highest BCUT2D eigenvalue weighted by atomic mass is 16.5. The highest BCUT2D eigenvalue weighted by Crippen LogP contribution is 2.36. The lowest BCUT2D eigenvalue weighted by Crippen LogP contribution is -2.72. The molecule has 6 nitrogen and oxygen atoms in total. The lowest BCUT2D eigenvalue weighted by molar-refractivity contribution is -0.162. The summed E-state index contributed by atoms with van der Waals surface area (Å²) in [5.41, 5.74) is 2.68. The predicted octanol–water partition coefficient (Wildman–Crippen LogP) is 3.91. The van der Waals surface area contributed by atoms with Gasteiger partial charge in [-0.1, -0.05) is 50.2 Å². The van der Waals surface area contributed by atoms with E-state index in [4.69, 9.17) is 4.74 Å². The van der Waals surface area contributed by atoms with E-state index >= 15 is 0 Å². The molecule has 2 aromatic carbocycles. The SMILES string of the molecule is COc1ccc(CN2CCC3(CC2)C(=O)NC(CC(C)C)C(=O)N3Cc2ccccc2C)cc1. The van der Waals surface area contributed by atoms with Crippen LogP contribution >= 0.6 is 0 Å². The zero-order chi connectivity index (χ0) is 24.3. The van der Waals surface area contributed by atoms with Crippen LogP contribution in [0.25, 0.3) is 0 Å². The van der Waals surface area contributed by atoms with Gasteiger partial charge in [0.2, 0.25) is 11.8 Å². The van der Waals surface area contributed by atoms with E-state index in [9.17, 15) is 9.59 Å². The molecule has 34 heavy (non-hydrogen) atoms. The van der Waals surface area contributed by atoms with Crippen LogP contribution in [0.1, 0.15) is 49.8 Å². The van der Waals surface area contributed by atoms with Crippen LogP contribution < -0.4 is 10.1 Å². The first kappa shape index (κ1) is 24.3. The summed E-state index contributed by atoms with van der Waals surface area (Å²) in [4.78, 5) is 31.6. The number of rotatable bonds is 7. The Morgan fingerprint density at radius 1 is 1.03 bits per heavy atom. The van der Waals surface area contributed by atoms with Gasteiger partial charge >= 0.3 is 0 Å². The fourth-order valence-electron chi connectivity index (χ4n) is 5.26. The normalized spacial score (nSPS) is 20.6. The average Bonchev–Trinajstić information content (AvgIpc) is 2.83. The van der Waals surface area contributed by atoms with E-state index in [0.717, 1.165) is 36.5 Å². The van der Waals surface area contributed by atoms with E-state index in [1.54, 1.807) is 7.11 Å². The minimum Gasteiger partial charge on any atom is -0.497 e. The van der Waals surface area contributed by atoms with Crippen molar-refractivity contribution in [3.05, 3.63) is 65.2 Å². The van der Waals surface area contributed by atoms with Crippen molar-refractivity contribution in [2.45, 2.75) is 64.7 Å². The molecule has 0 bridgehead atoms. The van der Waals surface area contributed by atoms with Crippen molar-refractivity contribution in [2.75, 3.05) is 20.2 Å². The average molecular weight is 464 g/mol. The molecular weight excluding hydrogens is 426 g/mol. The number of amides is 2. The molecule has 2 aromatic rings. The molecule has 0 saturated carbocycles. The number of hydrogen-bond donors (Lipinski definition) is 1. The van der Waals surface area contributed by atoms with E-state index < -0.39 is 11.6 Å². The standard InChI is InChI=1S/C28H37N3O3/c1-20(2)17-25-26(32)31(19-23-8-6-5-7-21(23)3)28(27(33)29-25)13-15-30(16-14-28)18-22-9-11-24(34-4)12-10-22/h5-12,20,25H,13-19H2,1-4H3,(H,29,33). The lowest BCUT2D eigenvalue weighted by Gasteiger charge is -2.52. The smallest absolute Gasteiger partial charge is 0.246 e. The number of piperazine rings is 1. The minimum absolute atomic E-state index is 0.00966. The summed E-state index contributed by atoms with van der Waals surface area (Å²) in [6.45, 7) is 9.09. The van der Waals surface area contributed by atoms with Gasteiger partial charge in [-0.3, -0.25) is 14.5 Å². The molecule has 2 fully saturated rings. The molecule has 0 radical (unpaired) electrons. The molecule has 2 aliphatic rings. The molecule has 0 aromatic heterocycles. The summed E-state index contributed by atoms with van der Waals surface area (Å²) in [6, 6.07) is 15.8. The van der Waals surface area contributed by atoms with Gasteiger partial charge in [-0.2, -0.15) is 0 Å². The van der Waals surface area contributed by atoms with Gasteiger partial charge in [-0.05, 0) is 60.9 Å². The Bertz CT molecular complexity index is 1010. The van der Waals surface area contributed by atoms with Crippen LogP contribution in [-0.4, -0.2) is 53.4 Å². The zero-order valence-corrected chi connectivity index (χ0v) is 20.8. The molecule has 2 amide bonds. The highest BCUT2D eigenvalue weighted by Gasteiger charge is 2.53. The van der Waals surface area contributed by atoms with Crippen molar-refractivity contribution in [3.8, 4) is 5.75 Å². The number of ether oxygens (including phenoxy) is 1. The number of carbonyl (C=O) groups excluding carboxylic acids is 2. The Labute approximate surface area is 203 Å². The van der Waals surface area contributed by atoms with Crippen molar-refractivity contribution < 1.29 is 14.3 Å². The third kappa shape index (κ3) is 4.97. The van der Waals surface area contributed by atoms with E-state index in [1.807, 2.05) is 29.2 Å². The van der Waals surface area contributed by atoms with Crippen LogP contribution in [-0.2, 0) is 22.7 Å². The van der Waals surface area contributed by atoms with Crippen molar-refractivity contribution >= 4 is 11.8 Å². The van der Waals surface area contributed by atoms with Crippen LogP contribution in [0, 0.1) is 12.8 Å². The Morgan fingerprint density at radius 3 is 2.32 bits per heavy atom. The predicted molar refractivity (Wildman–Crippen MR) is 133 cm³/mol. The summed E-state index contributed by atoms with van der Waals surface area (Å²) in [7, 11) is 1.67. The monoisotopic (exact) mass is 463 g/mol. The first-order valence-electron chi connectivity index (χ1n) is 12.3. The maximum absolute atomic E-state index is 13.7. The van der Waals surface area contributed by atoms with Gasteiger partial charge in [0.05, 0.1) is 7.11 Å². The Hall–Kier alpha value is -2.86. The van der Waals surface area contributed by atoms with Gasteiger partial charge in [0.25, 0.3) is 0 Å². The Morgan fingerprint density at radius 2 is 1.71 bits per heavy atom. The number of aryl methyl sites for hydroxylation is 1. The zero-order valence-electron chi connectivity index (χ0n) is 20.8. The summed E-state index contributed by atoms with van der Waals surface area (Å²) >= 11 is 0. The van der Waals surface area contributed by atoms with Gasteiger partial charge in [0.15, 0.2) is 0 Å². The molecule has 1 spiro atoms. The van der Waals surface area contributed by atoms with E-state index in [0.29, 0.717) is 31.7 Å². The molecule has 1 atom stereocenters. The molecule has 0 aliphatic carbocycles. The van der Waals surface area contributed by atoms with Gasteiger partial charge in [-0.25, -0.2) is 0 Å². The minimum atomic E-state index is -0.788. The van der Waals surface area contributed by atoms with Crippen molar-refractivity contribution in [1.82, 2.24) is 15.1 Å². The van der Waals surface area contributed by atoms with Gasteiger partial charge in [-0.15, -0.1) is 0 Å². The quantitative estimate of drug-likeness (QED) is 0.676. The second-order valence-electron chi connectivity index (χ2n) is 10.2. The van der Waals surface area contributed by atoms with Crippen LogP contribution in [0.15, 0.2) is 48.5 Å². The molecule has 2 heterocycles. The Balaban J connectivity index is 1.54. The van der Waals surface area contributed by atoms with E-state index in [2.05, 4.69) is 55.3 Å². The van der Waals surface area contributed by atoms with Gasteiger partial charge < -0.3 is 15.0 Å². The third-order valence-corrected chi connectivity index (χ3v) is 7.35. The molecule has 6 heteroatoms. The number of nitrogens with one attached hydrogen (secondary N) is 1. The van der Waals surface area contributed by atoms with Crippen molar-refractivity contribution in [1.29, 1.82) is 0 Å². The van der Waals surface area contributed by atoms with Crippen molar-refractivity contribution in [3.63, 3.8) is 0 Å². The maximum Gasteiger partial charge on any atom is 0.246 e. The molecule has 2 saturated heterocycles. The van der Waals surface area contributed by atoms with Crippen LogP contribution in [0.3, 0.4) is 0 Å². The maximum atomic E-state index is 13.7. The number of hydrogen-bond acceptors (Lipinski definition) is 4. The van der Waals surface area contributed by atoms with E-state index in [-0.39, 0.29) is 11.8 Å². The second kappa shape index (κ2) is 10.2. The summed E-state index contributed by atoms with van der Waals surface area (Å²) in [6.07, 6.45) is 1.94. The van der Waals surface area contributed by atoms with Gasteiger partial charge in [0.1, 0.15) is 17.3 Å². The first-order chi connectivity index (χ1) is 16.3. The molecule has 2 aliphatic heterocycles. The van der Waals surface area contributed by atoms with Gasteiger partial charge in [0, 0.05) is 26.2 Å². The largest absolute Gasteiger partial charge is 0.497 e. The number of nitrogens with zero attached hydrogens (tertiary/aromatic N) is 2.